The average molecular weight is 329 g/mol. The zero-order valence-corrected chi connectivity index (χ0v) is 15.8. The summed E-state index contributed by atoms with van der Waals surface area (Å²) in [5, 5.41) is 2.91. The fraction of sp³-hybridized carbons (Fsp3) is 0.400. The molecule has 0 saturated carbocycles. The van der Waals surface area contributed by atoms with E-state index >= 15 is 0 Å². The van der Waals surface area contributed by atoms with Gasteiger partial charge in [0.15, 0.2) is 0 Å². The maximum absolute atomic E-state index is 2.69. The summed E-state index contributed by atoms with van der Waals surface area (Å²) in [5.74, 6) is 0. The van der Waals surface area contributed by atoms with Crippen molar-refractivity contribution in [2.24, 2.45) is 0 Å². The van der Waals surface area contributed by atoms with Gasteiger partial charge >= 0.3 is 0 Å². The average Bonchev–Trinajstić information content (AvgIpc) is 2.63. The van der Waals surface area contributed by atoms with Crippen molar-refractivity contribution in [1.29, 1.82) is 0 Å². The van der Waals surface area contributed by atoms with E-state index in [1.807, 2.05) is 0 Å². The number of hydrogen-bond donors (Lipinski definition) is 0. The van der Waals surface area contributed by atoms with E-state index in [2.05, 4.69) is 97.7 Å². The lowest BCUT2D eigenvalue weighted by molar-refractivity contribution is 0.420. The molecular formula is C20H30N2P+. The first-order valence-electron chi connectivity index (χ1n) is 8.76. The summed E-state index contributed by atoms with van der Waals surface area (Å²) in [6.45, 7) is 13.4. The molecule has 0 amide bonds. The molecule has 0 aromatic heterocycles. The van der Waals surface area contributed by atoms with Gasteiger partial charge in [0.25, 0.3) is 0 Å². The lowest BCUT2D eigenvalue weighted by atomic mass is 10.4. The third-order valence-corrected chi connectivity index (χ3v) is 9.32. The molecule has 0 bridgehead atoms. The third kappa shape index (κ3) is 3.35. The molecule has 2 aromatic rings. The van der Waals surface area contributed by atoms with Crippen molar-refractivity contribution in [3.8, 4) is 0 Å². The van der Waals surface area contributed by atoms with Crippen LogP contribution in [-0.2, 0) is 0 Å². The van der Waals surface area contributed by atoms with Crippen LogP contribution in [0.5, 0.6) is 0 Å². The molecule has 124 valence electrons. The molecule has 3 heteroatoms. The van der Waals surface area contributed by atoms with E-state index in [9.17, 15) is 0 Å². The summed E-state index contributed by atoms with van der Waals surface area (Å²) < 4.78 is 5.37. The van der Waals surface area contributed by atoms with Crippen molar-refractivity contribution >= 4 is 18.2 Å². The summed E-state index contributed by atoms with van der Waals surface area (Å²) in [6.07, 6.45) is 0. The summed E-state index contributed by atoms with van der Waals surface area (Å²) >= 11 is 0. The van der Waals surface area contributed by atoms with Crippen molar-refractivity contribution in [3.05, 3.63) is 60.7 Å². The van der Waals surface area contributed by atoms with E-state index < -0.39 is 7.56 Å². The SMILES string of the molecule is CCN(CC)[P+](c1ccccc1)(c1ccccc1)N(CC)CC. The first-order valence-corrected chi connectivity index (χ1v) is 10.5. The number of benzene rings is 2. The van der Waals surface area contributed by atoms with E-state index in [1.54, 1.807) is 0 Å². The molecule has 0 aliphatic rings. The minimum absolute atomic E-state index is 1.06. The largest absolute Gasteiger partial charge is 0.218 e. The summed E-state index contributed by atoms with van der Waals surface area (Å²) in [7, 11) is -1.75. The van der Waals surface area contributed by atoms with Crippen LogP contribution in [-0.4, -0.2) is 35.5 Å². The monoisotopic (exact) mass is 329 g/mol. The normalized spacial score (nSPS) is 12.1. The van der Waals surface area contributed by atoms with Gasteiger partial charge in [-0.2, -0.15) is 9.34 Å². The molecule has 0 N–H and O–H groups in total. The lowest BCUT2D eigenvalue weighted by Gasteiger charge is -2.41. The van der Waals surface area contributed by atoms with Gasteiger partial charge in [0, 0.05) is 26.2 Å². The van der Waals surface area contributed by atoms with Crippen LogP contribution in [0.3, 0.4) is 0 Å². The highest BCUT2D eigenvalue weighted by Gasteiger charge is 2.52. The van der Waals surface area contributed by atoms with Gasteiger partial charge in [0.1, 0.15) is 10.6 Å². The summed E-state index contributed by atoms with van der Waals surface area (Å²) in [6, 6.07) is 22.2. The standard InChI is InChI=1S/C20H30N2P/c1-5-21(6-2)23(22(7-3)8-4,19-15-11-9-12-16-19)20-17-13-10-14-18-20/h9-18H,5-8H2,1-4H3/q+1. The maximum Gasteiger partial charge on any atom is 0.218 e. The Bertz CT molecular complexity index is 509. The second kappa shape index (κ2) is 8.59. The Hall–Kier alpha value is -1.21. The molecule has 2 nitrogen and oxygen atoms in total. The minimum Gasteiger partial charge on any atom is -0.155 e. The number of hydrogen-bond acceptors (Lipinski definition) is 2. The highest BCUT2D eigenvalue weighted by molar-refractivity contribution is 7.85. The van der Waals surface area contributed by atoms with Crippen LogP contribution in [0, 0.1) is 0 Å². The Morgan fingerprint density at radius 1 is 0.565 bits per heavy atom. The van der Waals surface area contributed by atoms with Gasteiger partial charge in [0.2, 0.25) is 7.56 Å². The fourth-order valence-electron chi connectivity index (χ4n) is 3.52. The molecule has 0 atom stereocenters. The third-order valence-electron chi connectivity index (χ3n) is 4.51. The Kier molecular flexibility index (Phi) is 6.77. The Morgan fingerprint density at radius 2 is 0.870 bits per heavy atom. The Labute approximate surface area is 142 Å². The van der Waals surface area contributed by atoms with Gasteiger partial charge in [0.05, 0.1) is 0 Å². The van der Waals surface area contributed by atoms with E-state index in [-0.39, 0.29) is 0 Å². The lowest BCUT2D eigenvalue weighted by Crippen LogP contribution is -2.47. The van der Waals surface area contributed by atoms with E-state index in [4.69, 9.17) is 0 Å². The van der Waals surface area contributed by atoms with Crippen LogP contribution in [0.1, 0.15) is 27.7 Å². The van der Waals surface area contributed by atoms with Crippen LogP contribution >= 0.6 is 7.56 Å². The molecule has 2 aromatic carbocycles. The minimum atomic E-state index is -1.75. The van der Waals surface area contributed by atoms with Crippen molar-refractivity contribution in [2.75, 3.05) is 26.2 Å². The summed E-state index contributed by atoms with van der Waals surface area (Å²) in [4.78, 5) is 0. The highest BCUT2D eigenvalue weighted by atomic mass is 31.2. The van der Waals surface area contributed by atoms with Gasteiger partial charge in [-0.05, 0) is 52.0 Å². The number of rotatable bonds is 8. The molecular weight excluding hydrogens is 299 g/mol. The van der Waals surface area contributed by atoms with Gasteiger partial charge in [-0.15, -0.1) is 0 Å². The molecule has 0 saturated heterocycles. The second-order valence-electron chi connectivity index (χ2n) is 5.55. The highest BCUT2D eigenvalue weighted by Crippen LogP contribution is 2.62. The smallest absolute Gasteiger partial charge is 0.155 e. The molecule has 0 fully saturated rings. The Balaban J connectivity index is 2.78. The number of nitrogens with zero attached hydrogens (tertiary/aromatic N) is 2. The van der Waals surface area contributed by atoms with Crippen molar-refractivity contribution in [2.45, 2.75) is 27.7 Å². The molecule has 23 heavy (non-hydrogen) atoms. The van der Waals surface area contributed by atoms with Crippen LogP contribution < -0.4 is 10.6 Å². The zero-order chi connectivity index (χ0) is 16.7. The molecule has 0 heterocycles. The molecule has 0 unspecified atom stereocenters. The molecule has 2 rings (SSSR count). The van der Waals surface area contributed by atoms with Gasteiger partial charge < -0.3 is 0 Å². The van der Waals surface area contributed by atoms with Crippen molar-refractivity contribution < 1.29 is 0 Å². The predicted octanol–water partition coefficient (Wildman–Crippen LogP) is 4.17. The Morgan fingerprint density at radius 3 is 1.13 bits per heavy atom. The molecule has 0 spiro atoms. The summed E-state index contributed by atoms with van der Waals surface area (Å²) in [5.41, 5.74) is 0. The second-order valence-corrected chi connectivity index (χ2v) is 8.92. The quantitative estimate of drug-likeness (QED) is 0.671. The fourth-order valence-corrected chi connectivity index (χ4v) is 8.29. The first-order chi connectivity index (χ1) is 11.2. The zero-order valence-electron chi connectivity index (χ0n) is 14.9. The van der Waals surface area contributed by atoms with Crippen LogP contribution in [0.25, 0.3) is 0 Å². The van der Waals surface area contributed by atoms with Crippen molar-refractivity contribution in [1.82, 2.24) is 9.34 Å². The van der Waals surface area contributed by atoms with E-state index in [1.165, 1.54) is 10.6 Å². The maximum atomic E-state index is 2.69. The van der Waals surface area contributed by atoms with Crippen molar-refractivity contribution in [3.63, 3.8) is 0 Å². The van der Waals surface area contributed by atoms with Crippen LogP contribution in [0.15, 0.2) is 60.7 Å². The molecule has 0 aliphatic carbocycles. The predicted molar refractivity (Wildman–Crippen MR) is 105 cm³/mol. The van der Waals surface area contributed by atoms with E-state index in [0.29, 0.717) is 0 Å². The molecule has 0 radical (unpaired) electrons. The van der Waals surface area contributed by atoms with Crippen LogP contribution in [0.2, 0.25) is 0 Å². The van der Waals surface area contributed by atoms with E-state index in [0.717, 1.165) is 26.2 Å². The molecule has 0 aliphatic heterocycles. The van der Waals surface area contributed by atoms with Gasteiger partial charge in [-0.25, -0.2) is 0 Å². The topological polar surface area (TPSA) is 6.48 Å². The van der Waals surface area contributed by atoms with Crippen LogP contribution in [0.4, 0.5) is 0 Å². The van der Waals surface area contributed by atoms with Gasteiger partial charge in [-0.1, -0.05) is 36.4 Å². The first kappa shape index (κ1) is 18.1. The van der Waals surface area contributed by atoms with Gasteiger partial charge in [-0.3, -0.25) is 0 Å².